The summed E-state index contributed by atoms with van der Waals surface area (Å²) in [6, 6.07) is 5.12. The second kappa shape index (κ2) is 3.69. The molecule has 0 bridgehead atoms. The maximum atomic E-state index is 9.10. The van der Waals surface area contributed by atoms with Crippen LogP contribution in [0.25, 0.3) is 0 Å². The monoisotopic (exact) mass is 314 g/mol. The summed E-state index contributed by atoms with van der Waals surface area (Å²) in [4.78, 5) is 0. The van der Waals surface area contributed by atoms with E-state index in [2.05, 4.69) is 15.9 Å². The van der Waals surface area contributed by atoms with Gasteiger partial charge in [-0.2, -0.15) is 0 Å². The molecule has 0 atom stereocenters. The lowest BCUT2D eigenvalue weighted by molar-refractivity contribution is 0.281. The molecule has 0 unspecified atom stereocenters. The Hall–Kier alpha value is 0.390. The zero-order valence-corrected chi connectivity index (χ0v) is 8.68. The summed E-state index contributed by atoms with van der Waals surface area (Å²) in [6.45, 7) is -2.26. The minimum atomic E-state index is -2.26. The molecule has 3 heteroatoms. The largest absolute Gasteiger partial charge is 0.392 e. The van der Waals surface area contributed by atoms with Crippen LogP contribution in [-0.4, -0.2) is 5.11 Å². The Morgan fingerprint density at radius 3 is 2.90 bits per heavy atom. The second-order valence-electron chi connectivity index (χ2n) is 1.74. The van der Waals surface area contributed by atoms with Crippen molar-refractivity contribution in [2.45, 2.75) is 6.56 Å². The van der Waals surface area contributed by atoms with E-state index in [0.29, 0.717) is 3.57 Å². The van der Waals surface area contributed by atoms with Crippen molar-refractivity contribution in [1.29, 1.82) is 0 Å². The third-order valence-corrected chi connectivity index (χ3v) is 2.48. The summed E-state index contributed by atoms with van der Waals surface area (Å²) in [5.41, 5.74) is 0.289. The maximum absolute atomic E-state index is 9.10. The van der Waals surface area contributed by atoms with Crippen molar-refractivity contribution in [1.82, 2.24) is 0 Å². The summed E-state index contributed by atoms with van der Waals surface area (Å²) in [5.74, 6) is 0. The van der Waals surface area contributed by atoms with Gasteiger partial charge in [0.15, 0.2) is 0 Å². The van der Waals surface area contributed by atoms with Crippen LogP contribution in [0.15, 0.2) is 22.7 Å². The number of rotatable bonds is 1. The van der Waals surface area contributed by atoms with Gasteiger partial charge in [-0.1, -0.05) is 15.9 Å². The fourth-order valence-corrected chi connectivity index (χ4v) is 1.40. The Labute approximate surface area is 84.5 Å². The Morgan fingerprint density at radius 2 is 2.40 bits per heavy atom. The Morgan fingerprint density at radius 1 is 1.70 bits per heavy atom. The molecule has 0 aliphatic carbocycles. The molecular formula is C7H6BrIO. The average molecular weight is 315 g/mol. The van der Waals surface area contributed by atoms with Crippen molar-refractivity contribution in [2.75, 3.05) is 0 Å². The van der Waals surface area contributed by atoms with Gasteiger partial charge in [0.05, 0.1) is 9.30 Å². The van der Waals surface area contributed by atoms with E-state index in [1.807, 2.05) is 22.6 Å². The minimum Gasteiger partial charge on any atom is -0.392 e. The number of hydrogen-bond acceptors (Lipinski definition) is 1. The van der Waals surface area contributed by atoms with E-state index in [4.69, 9.17) is 7.85 Å². The summed E-state index contributed by atoms with van der Waals surface area (Å²) < 4.78 is 15.7. The number of benzene rings is 1. The van der Waals surface area contributed by atoms with Crippen LogP contribution in [0.3, 0.4) is 0 Å². The van der Waals surface area contributed by atoms with E-state index in [-0.39, 0.29) is 5.56 Å². The molecule has 0 aliphatic rings. The van der Waals surface area contributed by atoms with E-state index in [1.165, 1.54) is 0 Å². The summed E-state index contributed by atoms with van der Waals surface area (Å²) in [7, 11) is 0. The molecule has 1 aromatic carbocycles. The van der Waals surface area contributed by atoms with E-state index >= 15 is 0 Å². The van der Waals surface area contributed by atoms with Crippen LogP contribution in [0.4, 0.5) is 0 Å². The molecule has 1 rings (SSSR count). The lowest BCUT2D eigenvalue weighted by Crippen LogP contribution is -1.86. The Kier molecular flexibility index (Phi) is 2.20. The van der Waals surface area contributed by atoms with Crippen molar-refractivity contribution < 1.29 is 7.85 Å². The molecule has 0 aliphatic heterocycles. The van der Waals surface area contributed by atoms with Crippen LogP contribution < -0.4 is 0 Å². The van der Waals surface area contributed by atoms with Crippen LogP contribution in [0.5, 0.6) is 0 Å². The molecule has 1 aromatic rings. The highest BCUT2D eigenvalue weighted by Crippen LogP contribution is 2.17. The zero-order valence-electron chi connectivity index (χ0n) is 6.94. The molecule has 0 fully saturated rings. The van der Waals surface area contributed by atoms with Gasteiger partial charge in [-0.05, 0) is 46.4 Å². The van der Waals surface area contributed by atoms with Crippen LogP contribution in [-0.2, 0) is 6.56 Å². The smallest absolute Gasteiger partial charge is 0.0692 e. The normalized spacial score (nSPS) is 14.3. The summed E-state index contributed by atoms with van der Waals surface area (Å²) in [6.07, 6.45) is 0. The van der Waals surface area contributed by atoms with E-state index in [1.54, 1.807) is 18.2 Å². The molecule has 0 spiro atoms. The topological polar surface area (TPSA) is 20.2 Å². The average Bonchev–Trinajstić information content (AvgIpc) is 1.92. The quantitative estimate of drug-likeness (QED) is 0.790. The third kappa shape index (κ3) is 1.93. The van der Waals surface area contributed by atoms with Crippen LogP contribution in [0, 0.1) is 3.57 Å². The van der Waals surface area contributed by atoms with E-state index < -0.39 is 6.56 Å². The Balaban J connectivity index is 3.23. The first-order chi connectivity index (χ1) is 5.41. The first-order valence-electron chi connectivity index (χ1n) is 3.59. The second-order valence-corrected chi connectivity index (χ2v) is 3.81. The summed E-state index contributed by atoms with van der Waals surface area (Å²) >= 11 is 5.19. The highest BCUT2D eigenvalue weighted by Gasteiger charge is 1.96. The molecule has 1 nitrogen and oxygen atoms in total. The van der Waals surface area contributed by atoms with Crippen molar-refractivity contribution >= 4 is 38.5 Å². The number of hydrogen-bond donors (Lipinski definition) is 1. The predicted octanol–water partition coefficient (Wildman–Crippen LogP) is 2.55. The first kappa shape index (κ1) is 5.97. The van der Waals surface area contributed by atoms with Crippen molar-refractivity contribution in [3.63, 3.8) is 0 Å². The molecule has 0 heterocycles. The molecule has 0 amide bonds. The van der Waals surface area contributed by atoms with Crippen molar-refractivity contribution in [3.05, 3.63) is 31.8 Å². The highest BCUT2D eigenvalue weighted by atomic mass is 127. The molecule has 54 valence electrons. The number of halogens is 2. The van der Waals surface area contributed by atoms with E-state index in [9.17, 15) is 0 Å². The molecule has 0 saturated carbocycles. The van der Waals surface area contributed by atoms with Gasteiger partial charge in [0, 0.05) is 8.04 Å². The molecule has 0 aromatic heterocycles. The molecule has 0 radical (unpaired) electrons. The minimum absolute atomic E-state index is 0.289. The van der Waals surface area contributed by atoms with Gasteiger partial charge in [-0.3, -0.25) is 0 Å². The predicted molar refractivity (Wildman–Crippen MR) is 52.8 cm³/mol. The van der Waals surface area contributed by atoms with Gasteiger partial charge < -0.3 is 5.11 Å². The van der Waals surface area contributed by atoms with Crippen LogP contribution in [0.2, 0.25) is 0 Å². The molecular weight excluding hydrogens is 307 g/mol. The lowest BCUT2D eigenvalue weighted by Gasteiger charge is -1.99. The van der Waals surface area contributed by atoms with Gasteiger partial charge in [0.1, 0.15) is 0 Å². The third-order valence-electron chi connectivity index (χ3n) is 1.05. The van der Waals surface area contributed by atoms with Gasteiger partial charge in [0.2, 0.25) is 0 Å². The fraction of sp³-hybridized carbons (Fsp3) is 0.143. The van der Waals surface area contributed by atoms with Crippen LogP contribution >= 0.6 is 38.5 Å². The SMILES string of the molecule is [2H]C([2H])(O)c1cc(Br)ccc1I. The molecule has 0 saturated heterocycles. The van der Waals surface area contributed by atoms with Gasteiger partial charge in [-0.15, -0.1) is 0 Å². The van der Waals surface area contributed by atoms with Crippen LogP contribution in [0.1, 0.15) is 8.30 Å². The fourth-order valence-electron chi connectivity index (χ4n) is 0.583. The summed E-state index contributed by atoms with van der Waals surface area (Å²) in [5, 5.41) is 9.10. The highest BCUT2D eigenvalue weighted by molar-refractivity contribution is 14.1. The maximum Gasteiger partial charge on any atom is 0.0692 e. The Bertz CT molecular complexity index is 298. The van der Waals surface area contributed by atoms with Gasteiger partial charge in [0.25, 0.3) is 0 Å². The standard InChI is InChI=1S/C7H6BrIO/c8-6-1-2-7(9)5(3-6)4-10/h1-3,10H,4H2/i4D2. The van der Waals surface area contributed by atoms with Gasteiger partial charge in [-0.25, -0.2) is 0 Å². The van der Waals surface area contributed by atoms with Gasteiger partial charge >= 0.3 is 0 Å². The lowest BCUT2D eigenvalue weighted by atomic mass is 10.2. The van der Waals surface area contributed by atoms with E-state index in [0.717, 1.165) is 4.47 Å². The van der Waals surface area contributed by atoms with Crippen molar-refractivity contribution in [2.24, 2.45) is 0 Å². The first-order valence-corrected chi connectivity index (χ1v) is 4.46. The number of aliphatic hydroxyl groups is 1. The molecule has 10 heavy (non-hydrogen) atoms. The zero-order chi connectivity index (χ0) is 9.35. The molecule has 1 N–H and O–H groups in total. The van der Waals surface area contributed by atoms with Crippen molar-refractivity contribution in [3.8, 4) is 0 Å².